The topological polar surface area (TPSA) is 118 Å². The summed E-state index contributed by atoms with van der Waals surface area (Å²) in [5, 5.41) is 13.0. The van der Waals surface area contributed by atoms with Gasteiger partial charge < -0.3 is 5.32 Å². The van der Waals surface area contributed by atoms with Gasteiger partial charge in [-0.1, -0.05) is 6.07 Å². The van der Waals surface area contributed by atoms with Crippen LogP contribution in [0.15, 0.2) is 24.3 Å². The van der Waals surface area contributed by atoms with Gasteiger partial charge in [0.1, 0.15) is 0 Å². The fraction of sp³-hybridized carbons (Fsp3) is 0.300. The van der Waals surface area contributed by atoms with Crippen molar-refractivity contribution < 1.29 is 18.1 Å². The van der Waals surface area contributed by atoms with Crippen LogP contribution in [0.25, 0.3) is 0 Å². The van der Waals surface area contributed by atoms with Gasteiger partial charge in [-0.25, -0.2) is 13.1 Å². The van der Waals surface area contributed by atoms with Gasteiger partial charge in [-0.05, 0) is 6.07 Å². The van der Waals surface area contributed by atoms with Crippen LogP contribution in [0.1, 0.15) is 10.4 Å². The molecule has 19 heavy (non-hydrogen) atoms. The number of carbonyl (C=O) groups excluding carboxylic acids is 1. The summed E-state index contributed by atoms with van der Waals surface area (Å²) in [5.41, 5.74) is -0.0320. The number of nitrogens with zero attached hydrogens (tertiary/aromatic N) is 1. The van der Waals surface area contributed by atoms with E-state index in [-0.39, 0.29) is 24.3 Å². The van der Waals surface area contributed by atoms with Crippen molar-refractivity contribution in [3.05, 3.63) is 39.9 Å². The highest BCUT2D eigenvalue weighted by Crippen LogP contribution is 2.12. The molecular formula is C10H13N3O5S. The Morgan fingerprint density at radius 2 is 2.05 bits per heavy atom. The van der Waals surface area contributed by atoms with Crippen LogP contribution in [-0.4, -0.2) is 38.6 Å². The van der Waals surface area contributed by atoms with Crippen molar-refractivity contribution in [3.63, 3.8) is 0 Å². The summed E-state index contributed by atoms with van der Waals surface area (Å²) in [6.07, 6.45) is 1.01. The Kier molecular flexibility index (Phi) is 4.95. The van der Waals surface area contributed by atoms with Gasteiger partial charge in [0.2, 0.25) is 10.0 Å². The summed E-state index contributed by atoms with van der Waals surface area (Å²) in [6, 6.07) is 5.27. The predicted octanol–water partition coefficient (Wildman–Crippen LogP) is -0.126. The van der Waals surface area contributed by atoms with E-state index < -0.39 is 20.9 Å². The minimum absolute atomic E-state index is 0.0551. The average Bonchev–Trinajstić information content (AvgIpc) is 2.33. The highest BCUT2D eigenvalue weighted by Gasteiger charge is 2.11. The van der Waals surface area contributed by atoms with Crippen molar-refractivity contribution in [2.75, 3.05) is 19.3 Å². The number of nitro groups is 1. The highest BCUT2D eigenvalue weighted by molar-refractivity contribution is 7.88. The standard InChI is InChI=1S/C10H13N3O5S/c1-19(17,18)12-6-5-11-10(14)8-3-2-4-9(7-8)13(15)16/h2-4,7,12H,5-6H2,1H3,(H,11,14). The summed E-state index contributed by atoms with van der Waals surface area (Å²) in [4.78, 5) is 21.6. The minimum atomic E-state index is -3.30. The lowest BCUT2D eigenvalue weighted by Gasteiger charge is -2.05. The molecule has 9 heteroatoms. The Morgan fingerprint density at radius 3 is 2.63 bits per heavy atom. The molecule has 1 amide bonds. The van der Waals surface area contributed by atoms with E-state index in [2.05, 4.69) is 10.0 Å². The van der Waals surface area contributed by atoms with Gasteiger partial charge in [0, 0.05) is 30.8 Å². The SMILES string of the molecule is CS(=O)(=O)NCCNC(=O)c1cccc([N+](=O)[O-])c1. The van der Waals surface area contributed by atoms with Crippen LogP contribution in [-0.2, 0) is 10.0 Å². The smallest absolute Gasteiger partial charge is 0.270 e. The molecule has 0 heterocycles. The molecule has 0 unspecified atom stereocenters. The second-order valence-electron chi connectivity index (χ2n) is 3.73. The van der Waals surface area contributed by atoms with Gasteiger partial charge in [0.05, 0.1) is 11.2 Å². The molecule has 2 N–H and O–H groups in total. The third-order valence-electron chi connectivity index (χ3n) is 2.09. The van der Waals surface area contributed by atoms with E-state index in [0.29, 0.717) is 0 Å². The maximum Gasteiger partial charge on any atom is 0.270 e. The molecule has 1 aromatic carbocycles. The van der Waals surface area contributed by atoms with Crippen molar-refractivity contribution in [2.24, 2.45) is 0 Å². The fourth-order valence-corrected chi connectivity index (χ4v) is 1.75. The zero-order valence-electron chi connectivity index (χ0n) is 10.1. The van der Waals surface area contributed by atoms with E-state index in [1.165, 1.54) is 18.2 Å². The maximum atomic E-state index is 11.6. The second-order valence-corrected chi connectivity index (χ2v) is 5.56. The van der Waals surface area contributed by atoms with Gasteiger partial charge in [-0.15, -0.1) is 0 Å². The van der Waals surface area contributed by atoms with E-state index in [1.807, 2.05) is 0 Å². The number of sulfonamides is 1. The first-order valence-corrected chi connectivity index (χ1v) is 7.16. The molecule has 0 aromatic heterocycles. The first-order chi connectivity index (χ1) is 8.79. The zero-order chi connectivity index (χ0) is 14.5. The monoisotopic (exact) mass is 287 g/mol. The van der Waals surface area contributed by atoms with E-state index in [1.54, 1.807) is 0 Å². The van der Waals surface area contributed by atoms with E-state index >= 15 is 0 Å². The Morgan fingerprint density at radius 1 is 1.37 bits per heavy atom. The summed E-state index contributed by atoms with van der Waals surface area (Å²) in [5.74, 6) is -0.501. The van der Waals surface area contributed by atoms with Crippen molar-refractivity contribution in [1.82, 2.24) is 10.0 Å². The van der Waals surface area contributed by atoms with Crippen LogP contribution >= 0.6 is 0 Å². The highest BCUT2D eigenvalue weighted by atomic mass is 32.2. The molecule has 0 saturated carbocycles. The van der Waals surface area contributed by atoms with E-state index in [4.69, 9.17) is 0 Å². The summed E-state index contributed by atoms with van der Waals surface area (Å²) in [7, 11) is -3.30. The van der Waals surface area contributed by atoms with Crippen LogP contribution in [0.4, 0.5) is 5.69 Å². The molecule has 1 rings (SSSR count). The Hall–Kier alpha value is -2.00. The van der Waals surface area contributed by atoms with Crippen molar-refractivity contribution in [2.45, 2.75) is 0 Å². The van der Waals surface area contributed by atoms with Gasteiger partial charge in [-0.3, -0.25) is 14.9 Å². The number of nitro benzene ring substituents is 1. The molecule has 0 aliphatic heterocycles. The predicted molar refractivity (Wildman–Crippen MR) is 68.3 cm³/mol. The van der Waals surface area contributed by atoms with E-state index in [9.17, 15) is 23.3 Å². The number of hydrogen-bond acceptors (Lipinski definition) is 5. The van der Waals surface area contributed by atoms with Gasteiger partial charge in [0.15, 0.2) is 0 Å². The number of nitrogens with one attached hydrogen (secondary N) is 2. The Balaban J connectivity index is 2.54. The quantitative estimate of drug-likeness (QED) is 0.429. The third-order valence-corrected chi connectivity index (χ3v) is 2.82. The molecule has 0 atom stereocenters. The number of non-ortho nitro benzene ring substituents is 1. The molecule has 104 valence electrons. The Labute approximate surface area is 110 Å². The number of amides is 1. The minimum Gasteiger partial charge on any atom is -0.351 e. The lowest BCUT2D eigenvalue weighted by molar-refractivity contribution is -0.384. The normalized spacial score (nSPS) is 11.0. The van der Waals surface area contributed by atoms with Gasteiger partial charge in [-0.2, -0.15) is 0 Å². The van der Waals surface area contributed by atoms with Crippen molar-refractivity contribution in [3.8, 4) is 0 Å². The Bertz CT molecular complexity index is 585. The largest absolute Gasteiger partial charge is 0.351 e. The lowest BCUT2D eigenvalue weighted by atomic mass is 10.2. The molecule has 0 saturated heterocycles. The molecule has 1 aromatic rings. The van der Waals surface area contributed by atoms with Crippen molar-refractivity contribution >= 4 is 21.6 Å². The summed E-state index contributed by atoms with van der Waals surface area (Å²) >= 11 is 0. The first kappa shape index (κ1) is 15.1. The molecule has 0 spiro atoms. The lowest BCUT2D eigenvalue weighted by Crippen LogP contribution is -2.34. The van der Waals surface area contributed by atoms with Gasteiger partial charge in [0.25, 0.3) is 11.6 Å². The van der Waals surface area contributed by atoms with Crippen molar-refractivity contribution in [1.29, 1.82) is 0 Å². The number of benzene rings is 1. The molecule has 0 aliphatic rings. The molecule has 0 aliphatic carbocycles. The number of carbonyl (C=O) groups is 1. The fourth-order valence-electron chi connectivity index (χ4n) is 1.28. The summed E-state index contributed by atoms with van der Waals surface area (Å²) in [6.45, 7) is 0.147. The van der Waals surface area contributed by atoms with E-state index in [0.717, 1.165) is 12.3 Å². The van der Waals surface area contributed by atoms with Crippen LogP contribution in [0.2, 0.25) is 0 Å². The van der Waals surface area contributed by atoms with Crippen LogP contribution in [0.3, 0.4) is 0 Å². The molecule has 0 fully saturated rings. The number of rotatable bonds is 6. The average molecular weight is 287 g/mol. The van der Waals surface area contributed by atoms with Gasteiger partial charge >= 0.3 is 0 Å². The maximum absolute atomic E-state index is 11.6. The molecular weight excluding hydrogens is 274 g/mol. The van der Waals surface area contributed by atoms with Crippen LogP contribution < -0.4 is 10.0 Å². The summed E-state index contributed by atoms with van der Waals surface area (Å²) < 4.78 is 23.7. The molecule has 0 radical (unpaired) electrons. The van der Waals surface area contributed by atoms with Crippen LogP contribution in [0, 0.1) is 10.1 Å². The molecule has 8 nitrogen and oxygen atoms in total. The molecule has 0 bridgehead atoms. The first-order valence-electron chi connectivity index (χ1n) is 5.27. The zero-order valence-corrected chi connectivity index (χ0v) is 10.9. The second kappa shape index (κ2) is 6.25. The number of hydrogen-bond donors (Lipinski definition) is 2. The third kappa shape index (κ3) is 5.44. The van der Waals surface area contributed by atoms with Crippen LogP contribution in [0.5, 0.6) is 0 Å².